The average Bonchev–Trinajstić information content (AvgIpc) is 3.13. The fourth-order valence-electron chi connectivity index (χ4n) is 2.69. The summed E-state index contributed by atoms with van der Waals surface area (Å²) < 4.78 is 0. The Bertz CT molecular complexity index is 292. The third-order valence-electron chi connectivity index (χ3n) is 4.40. The number of halogens is 2. The van der Waals surface area contributed by atoms with Crippen molar-refractivity contribution in [1.82, 2.24) is 10.2 Å². The lowest BCUT2D eigenvalue weighted by atomic mass is 9.91. The summed E-state index contributed by atoms with van der Waals surface area (Å²) in [6.07, 6.45) is 4.38. The van der Waals surface area contributed by atoms with E-state index < -0.39 is 0 Å². The second kappa shape index (κ2) is 7.67. The molecule has 3 N–H and O–H groups in total. The van der Waals surface area contributed by atoms with Crippen molar-refractivity contribution in [3.63, 3.8) is 0 Å². The summed E-state index contributed by atoms with van der Waals surface area (Å²) >= 11 is 0. The molecule has 0 aromatic heterocycles. The lowest BCUT2D eigenvalue weighted by molar-refractivity contribution is -0.128. The molecule has 114 valence electrons. The Balaban J connectivity index is 0.00000162. The van der Waals surface area contributed by atoms with Crippen molar-refractivity contribution < 1.29 is 4.79 Å². The van der Waals surface area contributed by atoms with Crippen LogP contribution < -0.4 is 11.1 Å². The number of carbonyl (C=O) groups is 1. The van der Waals surface area contributed by atoms with Crippen molar-refractivity contribution >= 4 is 30.7 Å². The minimum Gasteiger partial charge on any atom is -0.349 e. The van der Waals surface area contributed by atoms with Crippen LogP contribution in [0, 0.1) is 11.8 Å². The summed E-state index contributed by atoms with van der Waals surface area (Å²) in [6.45, 7) is 4.70. The maximum Gasteiger partial charge on any atom is 0.223 e. The van der Waals surface area contributed by atoms with Crippen LogP contribution in [0.2, 0.25) is 0 Å². The first kappa shape index (κ1) is 19.0. The van der Waals surface area contributed by atoms with Crippen LogP contribution in [-0.2, 0) is 4.79 Å². The molecule has 1 saturated heterocycles. The lowest BCUT2D eigenvalue weighted by Crippen LogP contribution is -2.55. The second-order valence-corrected chi connectivity index (χ2v) is 5.96. The highest BCUT2D eigenvalue weighted by molar-refractivity contribution is 5.85. The molecule has 2 aliphatic rings. The Kier molecular flexibility index (Phi) is 7.66. The highest BCUT2D eigenvalue weighted by Gasteiger charge is 2.42. The molecule has 0 aromatic carbocycles. The third kappa shape index (κ3) is 4.78. The highest BCUT2D eigenvalue weighted by atomic mass is 35.5. The van der Waals surface area contributed by atoms with Gasteiger partial charge in [0.1, 0.15) is 0 Å². The highest BCUT2D eigenvalue weighted by Crippen LogP contribution is 2.39. The van der Waals surface area contributed by atoms with Gasteiger partial charge in [0.2, 0.25) is 5.91 Å². The Hall–Kier alpha value is -0.0300. The van der Waals surface area contributed by atoms with Crippen LogP contribution in [0.3, 0.4) is 0 Å². The predicted octanol–water partition coefficient (Wildman–Crippen LogP) is 1.42. The molecule has 2 fully saturated rings. The molecule has 2 rings (SSSR count). The van der Waals surface area contributed by atoms with E-state index in [4.69, 9.17) is 5.73 Å². The van der Waals surface area contributed by atoms with Crippen LogP contribution in [-0.4, -0.2) is 43.0 Å². The van der Waals surface area contributed by atoms with Gasteiger partial charge < -0.3 is 16.0 Å². The van der Waals surface area contributed by atoms with E-state index in [1.54, 1.807) is 0 Å². The fourth-order valence-corrected chi connectivity index (χ4v) is 2.69. The van der Waals surface area contributed by atoms with E-state index in [0.717, 1.165) is 25.9 Å². The van der Waals surface area contributed by atoms with Crippen LogP contribution in [0.25, 0.3) is 0 Å². The largest absolute Gasteiger partial charge is 0.349 e. The van der Waals surface area contributed by atoms with Gasteiger partial charge in [0.15, 0.2) is 0 Å². The fraction of sp³-hybridized carbons (Fsp3) is 0.923. The molecule has 1 unspecified atom stereocenters. The molecule has 1 atom stereocenters. The maximum absolute atomic E-state index is 12.2. The monoisotopic (exact) mass is 311 g/mol. The Labute approximate surface area is 128 Å². The zero-order valence-corrected chi connectivity index (χ0v) is 13.5. The van der Waals surface area contributed by atoms with Crippen molar-refractivity contribution in [1.29, 1.82) is 0 Å². The maximum atomic E-state index is 12.2. The van der Waals surface area contributed by atoms with Gasteiger partial charge in [-0.15, -0.1) is 24.8 Å². The van der Waals surface area contributed by atoms with E-state index >= 15 is 0 Å². The zero-order valence-electron chi connectivity index (χ0n) is 11.9. The SMILES string of the molecule is CN1CCC(C(=O)NC(C)(CN)C2CC2)CC1.Cl.Cl. The van der Waals surface area contributed by atoms with Crippen molar-refractivity contribution in [2.75, 3.05) is 26.7 Å². The number of nitrogens with two attached hydrogens (primary N) is 1. The predicted molar refractivity (Wildman–Crippen MR) is 83.0 cm³/mol. The lowest BCUT2D eigenvalue weighted by Gasteiger charge is -2.34. The van der Waals surface area contributed by atoms with Gasteiger partial charge in [0.25, 0.3) is 0 Å². The molecule has 1 saturated carbocycles. The Morgan fingerprint density at radius 1 is 1.26 bits per heavy atom. The number of nitrogens with zero attached hydrogens (tertiary/aromatic N) is 1. The molecule has 0 aromatic rings. The smallest absolute Gasteiger partial charge is 0.223 e. The average molecular weight is 312 g/mol. The van der Waals surface area contributed by atoms with Crippen molar-refractivity contribution in [2.45, 2.75) is 38.1 Å². The number of carbonyl (C=O) groups excluding carboxylic acids is 1. The molecular formula is C13H27Cl2N3O. The van der Waals surface area contributed by atoms with Crippen molar-refractivity contribution in [3.8, 4) is 0 Å². The molecule has 1 aliphatic carbocycles. The minimum absolute atomic E-state index is 0. The molecule has 4 nitrogen and oxygen atoms in total. The number of nitrogens with one attached hydrogen (secondary N) is 1. The van der Waals surface area contributed by atoms with E-state index in [-0.39, 0.29) is 42.2 Å². The topological polar surface area (TPSA) is 58.4 Å². The van der Waals surface area contributed by atoms with Gasteiger partial charge in [-0.3, -0.25) is 4.79 Å². The molecule has 0 radical (unpaired) electrons. The molecule has 1 heterocycles. The third-order valence-corrected chi connectivity index (χ3v) is 4.40. The molecule has 6 heteroatoms. The van der Waals surface area contributed by atoms with Crippen LogP contribution >= 0.6 is 24.8 Å². The van der Waals surface area contributed by atoms with Crippen molar-refractivity contribution in [3.05, 3.63) is 0 Å². The summed E-state index contributed by atoms with van der Waals surface area (Å²) in [7, 11) is 2.11. The Morgan fingerprint density at radius 3 is 2.21 bits per heavy atom. The van der Waals surface area contributed by atoms with Gasteiger partial charge in [-0.1, -0.05) is 0 Å². The molecule has 0 spiro atoms. The van der Waals surface area contributed by atoms with Crippen LogP contribution in [0.4, 0.5) is 0 Å². The van der Waals surface area contributed by atoms with Gasteiger partial charge >= 0.3 is 0 Å². The van der Waals surface area contributed by atoms with E-state index in [1.807, 2.05) is 0 Å². The first-order valence-electron chi connectivity index (χ1n) is 6.76. The summed E-state index contributed by atoms with van der Waals surface area (Å²) in [5.74, 6) is 1.01. The van der Waals surface area contributed by atoms with E-state index in [2.05, 4.69) is 24.2 Å². The minimum atomic E-state index is -0.166. The van der Waals surface area contributed by atoms with E-state index in [9.17, 15) is 4.79 Å². The first-order chi connectivity index (χ1) is 8.05. The molecule has 19 heavy (non-hydrogen) atoms. The van der Waals surface area contributed by atoms with Gasteiger partial charge in [-0.25, -0.2) is 0 Å². The van der Waals surface area contributed by atoms with Gasteiger partial charge in [0.05, 0.1) is 5.54 Å². The normalized spacial score (nSPS) is 23.7. The van der Waals surface area contributed by atoms with Crippen LogP contribution in [0.15, 0.2) is 0 Å². The summed E-state index contributed by atoms with van der Waals surface area (Å²) in [4.78, 5) is 14.5. The number of piperidine rings is 1. The molecular weight excluding hydrogens is 285 g/mol. The zero-order chi connectivity index (χ0) is 12.5. The molecule has 0 bridgehead atoms. The van der Waals surface area contributed by atoms with Gasteiger partial charge in [0, 0.05) is 12.5 Å². The summed E-state index contributed by atoms with van der Waals surface area (Å²) in [6, 6.07) is 0. The first-order valence-corrected chi connectivity index (χ1v) is 6.76. The van der Waals surface area contributed by atoms with E-state index in [0.29, 0.717) is 12.5 Å². The van der Waals surface area contributed by atoms with E-state index in [1.165, 1.54) is 12.8 Å². The molecule has 1 amide bonds. The molecule has 1 aliphatic heterocycles. The summed E-state index contributed by atoms with van der Waals surface area (Å²) in [5, 5.41) is 3.21. The van der Waals surface area contributed by atoms with Crippen LogP contribution in [0.1, 0.15) is 32.6 Å². The number of rotatable bonds is 4. The number of hydrogen-bond donors (Lipinski definition) is 2. The van der Waals surface area contributed by atoms with Gasteiger partial charge in [-0.2, -0.15) is 0 Å². The number of hydrogen-bond acceptors (Lipinski definition) is 3. The quantitative estimate of drug-likeness (QED) is 0.825. The van der Waals surface area contributed by atoms with Crippen molar-refractivity contribution in [2.24, 2.45) is 17.6 Å². The second-order valence-electron chi connectivity index (χ2n) is 5.96. The summed E-state index contributed by atoms with van der Waals surface area (Å²) in [5.41, 5.74) is 5.66. The Morgan fingerprint density at radius 2 is 1.79 bits per heavy atom. The van der Waals surface area contributed by atoms with Crippen LogP contribution in [0.5, 0.6) is 0 Å². The number of likely N-dealkylation sites (tertiary alicyclic amines) is 1. The standard InChI is InChI=1S/C13H25N3O.2ClH/c1-13(9-14,11-3-4-11)15-12(17)10-5-7-16(2)8-6-10;;/h10-11H,3-9,14H2,1-2H3,(H,15,17);2*1H. The number of amides is 1. The van der Waals surface area contributed by atoms with Gasteiger partial charge in [-0.05, 0) is 58.7 Å².